The largest absolute Gasteiger partial charge is 0.324 e. The number of imidazole rings is 1. The molecule has 4 nitrogen and oxygen atoms in total. The molecule has 0 saturated carbocycles. The van der Waals surface area contributed by atoms with Crippen molar-refractivity contribution in [1.29, 1.82) is 0 Å². The fourth-order valence-electron chi connectivity index (χ4n) is 2.56. The fourth-order valence-corrected chi connectivity index (χ4v) is 2.91. The average Bonchev–Trinajstić information content (AvgIpc) is 2.83. The molecule has 0 aliphatic heterocycles. The van der Waals surface area contributed by atoms with Crippen molar-refractivity contribution >= 4 is 37.9 Å². The van der Waals surface area contributed by atoms with Gasteiger partial charge in [-0.05, 0) is 31.0 Å². The van der Waals surface area contributed by atoms with Crippen LogP contribution in [-0.2, 0) is 6.42 Å². The molecule has 0 atom stereocenters. The van der Waals surface area contributed by atoms with Crippen LogP contribution in [-0.4, -0.2) is 21.2 Å². The van der Waals surface area contributed by atoms with Crippen molar-refractivity contribution < 1.29 is 0 Å². The first-order chi connectivity index (χ1) is 10.2. The highest BCUT2D eigenvalue weighted by Crippen LogP contribution is 2.26. The van der Waals surface area contributed by atoms with Gasteiger partial charge in [-0.3, -0.25) is 4.98 Å². The normalized spacial score (nSPS) is 11.4. The Hall–Kier alpha value is -1.62. The highest BCUT2D eigenvalue weighted by Gasteiger charge is 2.13. The molecule has 5 heteroatoms. The van der Waals surface area contributed by atoms with E-state index in [4.69, 9.17) is 4.98 Å². The first-order valence-corrected chi connectivity index (χ1v) is 8.23. The van der Waals surface area contributed by atoms with Crippen LogP contribution in [0.15, 0.2) is 28.9 Å². The molecule has 1 N–H and O–H groups in total. The third-order valence-corrected chi connectivity index (χ3v) is 4.00. The summed E-state index contributed by atoms with van der Waals surface area (Å²) in [5.74, 6) is 1.08. The summed E-state index contributed by atoms with van der Waals surface area (Å²) in [7, 11) is 0. The van der Waals surface area contributed by atoms with Crippen molar-refractivity contribution in [1.82, 2.24) is 14.6 Å². The van der Waals surface area contributed by atoms with Crippen molar-refractivity contribution in [2.45, 2.75) is 33.1 Å². The minimum atomic E-state index is 0.933. The number of aromatic nitrogens is 3. The molecule has 110 valence electrons. The summed E-state index contributed by atoms with van der Waals surface area (Å²) in [5.41, 5.74) is 6.56. The third-order valence-electron chi connectivity index (χ3n) is 3.51. The van der Waals surface area contributed by atoms with Gasteiger partial charge in [-0.2, -0.15) is 0 Å². The van der Waals surface area contributed by atoms with Gasteiger partial charge in [0.1, 0.15) is 16.9 Å². The molecule has 2 heterocycles. The molecule has 21 heavy (non-hydrogen) atoms. The lowest BCUT2D eigenvalue weighted by atomic mass is 10.2. The Morgan fingerprint density at radius 1 is 1.19 bits per heavy atom. The van der Waals surface area contributed by atoms with E-state index < -0.39 is 0 Å². The van der Waals surface area contributed by atoms with E-state index in [-0.39, 0.29) is 0 Å². The van der Waals surface area contributed by atoms with Crippen molar-refractivity contribution in [3.63, 3.8) is 0 Å². The number of nitrogens with one attached hydrogen (secondary N) is 1. The molecular weight excluding hydrogens is 328 g/mol. The molecular formula is C16H19BrN4. The summed E-state index contributed by atoms with van der Waals surface area (Å²) in [6.07, 6.45) is 4.99. The SMILES string of the molecule is CCCNn1c(CCC)nc2cnc3cc(Br)ccc3c21. The Balaban J connectivity index is 2.28. The van der Waals surface area contributed by atoms with Crippen molar-refractivity contribution in [3.8, 4) is 0 Å². The lowest BCUT2D eigenvalue weighted by Gasteiger charge is -2.12. The Morgan fingerprint density at radius 2 is 2.05 bits per heavy atom. The highest BCUT2D eigenvalue weighted by molar-refractivity contribution is 9.10. The minimum Gasteiger partial charge on any atom is -0.324 e. The molecule has 2 aromatic heterocycles. The molecule has 0 amide bonds. The minimum absolute atomic E-state index is 0.933. The van der Waals surface area contributed by atoms with Gasteiger partial charge in [-0.1, -0.05) is 29.8 Å². The quantitative estimate of drug-likeness (QED) is 0.750. The van der Waals surface area contributed by atoms with Crippen LogP contribution in [0.25, 0.3) is 21.9 Å². The maximum atomic E-state index is 4.75. The Morgan fingerprint density at radius 3 is 2.81 bits per heavy atom. The van der Waals surface area contributed by atoms with Gasteiger partial charge in [0.25, 0.3) is 0 Å². The summed E-state index contributed by atoms with van der Waals surface area (Å²) >= 11 is 3.51. The number of nitrogens with zero attached hydrogens (tertiary/aromatic N) is 3. The van der Waals surface area contributed by atoms with Crippen LogP contribution in [0.2, 0.25) is 0 Å². The van der Waals surface area contributed by atoms with E-state index >= 15 is 0 Å². The Bertz CT molecular complexity index is 779. The number of aryl methyl sites for hydroxylation is 1. The first-order valence-electron chi connectivity index (χ1n) is 7.44. The van der Waals surface area contributed by atoms with Crippen LogP contribution in [0.3, 0.4) is 0 Å². The van der Waals surface area contributed by atoms with Crippen LogP contribution in [0, 0.1) is 0 Å². The molecule has 0 bridgehead atoms. The van der Waals surface area contributed by atoms with Crippen LogP contribution in [0.4, 0.5) is 0 Å². The molecule has 0 unspecified atom stereocenters. The van der Waals surface area contributed by atoms with E-state index in [9.17, 15) is 0 Å². The zero-order valence-electron chi connectivity index (χ0n) is 12.4. The second-order valence-corrected chi connectivity index (χ2v) is 6.09. The van der Waals surface area contributed by atoms with Crippen LogP contribution < -0.4 is 5.43 Å². The predicted molar refractivity (Wildman–Crippen MR) is 91.2 cm³/mol. The van der Waals surface area contributed by atoms with Gasteiger partial charge in [0.2, 0.25) is 0 Å². The number of rotatable bonds is 5. The second kappa shape index (κ2) is 6.02. The first kappa shape index (κ1) is 14.3. The summed E-state index contributed by atoms with van der Waals surface area (Å²) in [6.45, 7) is 5.28. The topological polar surface area (TPSA) is 42.7 Å². The number of pyridine rings is 1. The zero-order valence-corrected chi connectivity index (χ0v) is 13.9. The predicted octanol–water partition coefficient (Wildman–Crippen LogP) is 4.25. The lowest BCUT2D eigenvalue weighted by molar-refractivity contribution is 0.742. The number of hydrogen-bond acceptors (Lipinski definition) is 3. The molecule has 0 spiro atoms. The highest BCUT2D eigenvalue weighted by atomic mass is 79.9. The van der Waals surface area contributed by atoms with E-state index in [1.165, 1.54) is 0 Å². The summed E-state index contributed by atoms with van der Waals surface area (Å²) in [4.78, 5) is 9.29. The zero-order chi connectivity index (χ0) is 14.8. The molecule has 0 radical (unpaired) electrons. The van der Waals surface area contributed by atoms with Gasteiger partial charge in [-0.15, -0.1) is 0 Å². The average molecular weight is 347 g/mol. The van der Waals surface area contributed by atoms with E-state index in [1.54, 1.807) is 0 Å². The molecule has 0 saturated heterocycles. The van der Waals surface area contributed by atoms with E-state index in [2.05, 4.69) is 57.0 Å². The van der Waals surface area contributed by atoms with Gasteiger partial charge in [-0.25, -0.2) is 9.66 Å². The fraction of sp³-hybridized carbons (Fsp3) is 0.375. The van der Waals surface area contributed by atoms with E-state index in [1.807, 2.05) is 12.3 Å². The Kier molecular flexibility index (Phi) is 4.10. The van der Waals surface area contributed by atoms with Crippen LogP contribution >= 0.6 is 15.9 Å². The van der Waals surface area contributed by atoms with Gasteiger partial charge >= 0.3 is 0 Å². The standard InChI is InChI=1S/C16H19BrN4/c1-3-5-15-20-14-10-18-13-9-11(17)6-7-12(13)16(14)21(15)19-8-4-2/h6-7,9-10,19H,3-5,8H2,1-2H3. The maximum absolute atomic E-state index is 4.75. The molecule has 1 aromatic carbocycles. The second-order valence-electron chi connectivity index (χ2n) is 5.18. The van der Waals surface area contributed by atoms with Gasteiger partial charge in [0, 0.05) is 22.8 Å². The number of fused-ring (bicyclic) bond motifs is 3. The Labute approximate surface area is 132 Å². The van der Waals surface area contributed by atoms with Crippen molar-refractivity contribution in [2.75, 3.05) is 12.0 Å². The molecule has 3 aromatic rings. The van der Waals surface area contributed by atoms with Crippen molar-refractivity contribution in [3.05, 3.63) is 34.7 Å². The number of halogens is 1. The van der Waals surface area contributed by atoms with Gasteiger partial charge < -0.3 is 5.43 Å². The van der Waals surface area contributed by atoms with Crippen LogP contribution in [0.1, 0.15) is 32.5 Å². The third kappa shape index (κ3) is 2.62. The van der Waals surface area contributed by atoms with E-state index in [0.29, 0.717) is 0 Å². The molecule has 0 fully saturated rings. The monoisotopic (exact) mass is 346 g/mol. The van der Waals surface area contributed by atoms with Gasteiger partial charge in [0.05, 0.1) is 11.7 Å². The lowest BCUT2D eigenvalue weighted by Crippen LogP contribution is -2.18. The summed E-state index contributed by atoms with van der Waals surface area (Å²) < 4.78 is 3.20. The summed E-state index contributed by atoms with van der Waals surface area (Å²) in [6, 6.07) is 6.21. The number of hydrogen-bond donors (Lipinski definition) is 1. The van der Waals surface area contributed by atoms with Gasteiger partial charge in [0.15, 0.2) is 0 Å². The summed E-state index contributed by atoms with van der Waals surface area (Å²) in [5, 5.41) is 1.13. The van der Waals surface area contributed by atoms with Crippen molar-refractivity contribution in [2.24, 2.45) is 0 Å². The molecule has 3 rings (SSSR count). The number of benzene rings is 1. The molecule has 0 aliphatic rings. The van der Waals surface area contributed by atoms with Crippen LogP contribution in [0.5, 0.6) is 0 Å². The molecule has 0 aliphatic carbocycles. The smallest absolute Gasteiger partial charge is 0.128 e. The van der Waals surface area contributed by atoms with E-state index in [0.717, 1.165) is 58.0 Å². The maximum Gasteiger partial charge on any atom is 0.128 e.